The highest BCUT2D eigenvalue weighted by Crippen LogP contribution is 2.31. The number of benzene rings is 1. The number of likely N-dealkylation sites (N-methyl/N-ethyl adjacent to an activating group) is 1. The van der Waals surface area contributed by atoms with E-state index in [0.29, 0.717) is 25.3 Å². The lowest BCUT2D eigenvalue weighted by Crippen LogP contribution is -2.37. The van der Waals surface area contributed by atoms with Crippen LogP contribution in [0.1, 0.15) is 46.6 Å². The van der Waals surface area contributed by atoms with E-state index in [1.54, 1.807) is 30.9 Å². The molecule has 29 heavy (non-hydrogen) atoms. The highest BCUT2D eigenvalue weighted by Gasteiger charge is 2.23. The van der Waals surface area contributed by atoms with Crippen LogP contribution in [-0.4, -0.2) is 63.7 Å². The van der Waals surface area contributed by atoms with E-state index in [2.05, 4.69) is 0 Å². The van der Waals surface area contributed by atoms with E-state index in [9.17, 15) is 13.2 Å². The zero-order chi connectivity index (χ0) is 22.4. The summed E-state index contributed by atoms with van der Waals surface area (Å²) in [7, 11) is 1.62. The molecule has 0 aliphatic carbocycles. The van der Waals surface area contributed by atoms with E-state index >= 15 is 0 Å². The van der Waals surface area contributed by atoms with Gasteiger partial charge in [-0.2, -0.15) is 8.42 Å². The Bertz CT molecular complexity index is 783. The van der Waals surface area contributed by atoms with Gasteiger partial charge in [0.25, 0.3) is 0 Å². The minimum absolute atomic E-state index is 0.0624. The van der Waals surface area contributed by atoms with Crippen LogP contribution < -0.4 is 8.92 Å². The maximum absolute atomic E-state index is 12.9. The van der Waals surface area contributed by atoms with E-state index in [0.717, 1.165) is 12.1 Å². The molecule has 1 aromatic rings. The van der Waals surface area contributed by atoms with Gasteiger partial charge in [-0.1, -0.05) is 26.8 Å². The first kappa shape index (κ1) is 25.2. The first-order chi connectivity index (χ1) is 13.2. The van der Waals surface area contributed by atoms with Crippen molar-refractivity contribution in [3.05, 3.63) is 23.8 Å². The van der Waals surface area contributed by atoms with Crippen LogP contribution in [0.4, 0.5) is 0 Å². The quantitative estimate of drug-likeness (QED) is 0.533. The van der Waals surface area contributed by atoms with Crippen LogP contribution in [0.2, 0.25) is 0 Å². The van der Waals surface area contributed by atoms with Crippen molar-refractivity contribution in [1.29, 1.82) is 0 Å². The van der Waals surface area contributed by atoms with Gasteiger partial charge < -0.3 is 18.7 Å². The smallest absolute Gasteiger partial charge is 0.311 e. The van der Waals surface area contributed by atoms with Gasteiger partial charge in [0.05, 0.1) is 12.4 Å². The van der Waals surface area contributed by atoms with Crippen LogP contribution in [0.15, 0.2) is 18.2 Å². The van der Waals surface area contributed by atoms with Gasteiger partial charge >= 0.3 is 10.1 Å². The summed E-state index contributed by atoms with van der Waals surface area (Å²) in [6, 6.07) is 5.12. The normalized spacial score (nSPS) is 12.3. The Kier molecular flexibility index (Phi) is 8.96. The Labute approximate surface area is 176 Å². The third-order valence-corrected chi connectivity index (χ3v) is 5.80. The molecule has 0 radical (unpaired) electrons. The molecule has 7 nitrogen and oxygen atoms in total. The van der Waals surface area contributed by atoms with E-state index in [-0.39, 0.29) is 17.1 Å². The number of rotatable bonds is 10. The van der Waals surface area contributed by atoms with Crippen molar-refractivity contribution in [2.45, 2.75) is 52.8 Å². The number of amides is 1. The highest BCUT2D eigenvalue weighted by molar-refractivity contribution is 7.87. The largest absolute Gasteiger partial charge is 0.493 e. The lowest BCUT2D eigenvalue weighted by atomic mass is 9.91. The number of carbonyl (C=O) groups is 1. The standard InChI is InChI=1S/C21H36N2O5S/c1-16(2)29(25,26)28-19-13-17(9-10-18(19)27-8)15-23(12-11-22(6)7)20(24)14-21(3,4)5/h9-10,13,16H,11-12,14-15H2,1-8H3. The summed E-state index contributed by atoms with van der Waals surface area (Å²) in [5, 5.41) is -0.680. The molecule has 0 bridgehead atoms. The fraction of sp³-hybridized carbons (Fsp3) is 0.667. The maximum atomic E-state index is 12.9. The van der Waals surface area contributed by atoms with Gasteiger partial charge in [-0.15, -0.1) is 0 Å². The molecule has 1 aromatic carbocycles. The van der Waals surface area contributed by atoms with Crippen LogP contribution in [0.25, 0.3) is 0 Å². The van der Waals surface area contributed by atoms with Gasteiger partial charge in [0.2, 0.25) is 5.91 Å². The van der Waals surface area contributed by atoms with Crippen molar-refractivity contribution in [3.63, 3.8) is 0 Å². The number of methoxy groups -OCH3 is 1. The second-order valence-corrected chi connectivity index (χ2v) is 11.1. The lowest BCUT2D eigenvalue weighted by Gasteiger charge is -2.28. The van der Waals surface area contributed by atoms with Gasteiger partial charge in [0, 0.05) is 26.1 Å². The molecule has 0 saturated heterocycles. The predicted octanol–water partition coefficient (Wildman–Crippen LogP) is 3.14. The van der Waals surface area contributed by atoms with Crippen molar-refractivity contribution in [1.82, 2.24) is 9.80 Å². The molecule has 0 N–H and O–H groups in total. The topological polar surface area (TPSA) is 76.2 Å². The molecule has 0 aliphatic rings. The maximum Gasteiger partial charge on any atom is 0.311 e. The molecule has 8 heteroatoms. The molecular formula is C21H36N2O5S. The molecule has 0 aliphatic heterocycles. The zero-order valence-corrected chi connectivity index (χ0v) is 19.8. The zero-order valence-electron chi connectivity index (χ0n) is 19.0. The van der Waals surface area contributed by atoms with Gasteiger partial charge in [-0.25, -0.2) is 0 Å². The third-order valence-electron chi connectivity index (χ3n) is 4.24. The molecule has 166 valence electrons. The molecule has 0 saturated carbocycles. The summed E-state index contributed by atoms with van der Waals surface area (Å²) >= 11 is 0. The molecule has 1 rings (SSSR count). The van der Waals surface area contributed by atoms with Gasteiger partial charge in [0.15, 0.2) is 11.5 Å². The molecule has 0 heterocycles. The first-order valence-electron chi connectivity index (χ1n) is 9.78. The SMILES string of the molecule is COc1ccc(CN(CCN(C)C)C(=O)CC(C)(C)C)cc1OS(=O)(=O)C(C)C. The van der Waals surface area contributed by atoms with E-state index in [1.807, 2.05) is 45.8 Å². The second kappa shape index (κ2) is 10.3. The summed E-state index contributed by atoms with van der Waals surface area (Å²) in [4.78, 5) is 16.7. The molecule has 0 unspecified atom stereocenters. The average Bonchev–Trinajstić information content (AvgIpc) is 2.56. The molecule has 0 atom stereocenters. The first-order valence-corrected chi connectivity index (χ1v) is 11.2. The molecule has 0 aromatic heterocycles. The number of hydrogen-bond donors (Lipinski definition) is 0. The van der Waals surface area contributed by atoms with E-state index in [4.69, 9.17) is 8.92 Å². The Morgan fingerprint density at radius 3 is 2.21 bits per heavy atom. The number of nitrogens with zero attached hydrogens (tertiary/aromatic N) is 2. The van der Waals surface area contributed by atoms with Gasteiger partial charge in [-0.05, 0) is 51.1 Å². The Balaban J connectivity index is 3.14. The lowest BCUT2D eigenvalue weighted by molar-refractivity contribution is -0.133. The second-order valence-electron chi connectivity index (χ2n) is 8.97. The number of ether oxygens (including phenoxy) is 1. The van der Waals surface area contributed by atoms with Crippen LogP contribution in [-0.2, 0) is 21.5 Å². The van der Waals surface area contributed by atoms with Crippen molar-refractivity contribution in [2.24, 2.45) is 5.41 Å². The summed E-state index contributed by atoms with van der Waals surface area (Å²) in [6.45, 7) is 10.9. The molecule has 1 amide bonds. The fourth-order valence-corrected chi connectivity index (χ4v) is 3.08. The fourth-order valence-electron chi connectivity index (χ4n) is 2.50. The average molecular weight is 429 g/mol. The molecule has 0 spiro atoms. The summed E-state index contributed by atoms with van der Waals surface area (Å²) in [5.41, 5.74) is 0.660. The van der Waals surface area contributed by atoms with Crippen LogP contribution >= 0.6 is 0 Å². The number of hydrogen-bond acceptors (Lipinski definition) is 6. The van der Waals surface area contributed by atoms with E-state index in [1.165, 1.54) is 7.11 Å². The molecular weight excluding hydrogens is 392 g/mol. The Morgan fingerprint density at radius 2 is 1.72 bits per heavy atom. The third kappa shape index (κ3) is 8.62. The monoisotopic (exact) mass is 428 g/mol. The summed E-state index contributed by atoms with van der Waals surface area (Å²) in [5.74, 6) is 0.529. The molecule has 0 fully saturated rings. The predicted molar refractivity (Wildman–Crippen MR) is 116 cm³/mol. The Hall–Kier alpha value is -1.80. The van der Waals surface area contributed by atoms with E-state index < -0.39 is 15.4 Å². The Morgan fingerprint density at radius 1 is 1.10 bits per heavy atom. The van der Waals surface area contributed by atoms with Crippen LogP contribution in [0.5, 0.6) is 11.5 Å². The minimum Gasteiger partial charge on any atom is -0.493 e. The summed E-state index contributed by atoms with van der Waals surface area (Å²) in [6.07, 6.45) is 0.432. The van der Waals surface area contributed by atoms with Gasteiger partial charge in [-0.3, -0.25) is 4.79 Å². The van der Waals surface area contributed by atoms with Crippen LogP contribution in [0, 0.1) is 5.41 Å². The number of carbonyl (C=O) groups excluding carboxylic acids is 1. The highest BCUT2D eigenvalue weighted by atomic mass is 32.2. The van der Waals surface area contributed by atoms with Crippen molar-refractivity contribution in [2.75, 3.05) is 34.3 Å². The van der Waals surface area contributed by atoms with Crippen molar-refractivity contribution >= 4 is 16.0 Å². The summed E-state index contributed by atoms with van der Waals surface area (Å²) < 4.78 is 34.9. The van der Waals surface area contributed by atoms with Crippen LogP contribution in [0.3, 0.4) is 0 Å². The van der Waals surface area contributed by atoms with Gasteiger partial charge in [0.1, 0.15) is 0 Å². The minimum atomic E-state index is -3.76. The van der Waals surface area contributed by atoms with Crippen molar-refractivity contribution in [3.8, 4) is 11.5 Å². The van der Waals surface area contributed by atoms with Crippen molar-refractivity contribution < 1.29 is 22.1 Å².